The van der Waals surface area contributed by atoms with Crippen LogP contribution in [-0.2, 0) is 33.9 Å². The molecule has 9 nitrogen and oxygen atoms in total. The van der Waals surface area contributed by atoms with Crippen LogP contribution in [0, 0.1) is 0 Å². The SMILES string of the molecule is CCOC(=O)c1ccc(COCc2csc3nc(C(=O)CCc4cccc(N(C)C(C)=O)c4)[nH]c(=O)c23)cc1. The van der Waals surface area contributed by atoms with Gasteiger partial charge in [-0.2, -0.15) is 0 Å². The lowest BCUT2D eigenvalue weighted by atomic mass is 10.1. The van der Waals surface area contributed by atoms with Gasteiger partial charge in [0.25, 0.3) is 5.56 Å². The Morgan fingerprint density at radius 2 is 1.82 bits per heavy atom. The number of fused-ring (bicyclic) bond motifs is 1. The number of Topliss-reactive ketones (excluding diaryl/α,β-unsaturated/α-hetero) is 1. The van der Waals surface area contributed by atoms with Gasteiger partial charge < -0.3 is 19.4 Å². The van der Waals surface area contributed by atoms with Crippen molar-refractivity contribution in [2.45, 2.75) is 39.9 Å². The van der Waals surface area contributed by atoms with Crippen LogP contribution in [0.4, 0.5) is 5.69 Å². The number of nitrogens with one attached hydrogen (secondary N) is 1. The van der Waals surface area contributed by atoms with Gasteiger partial charge in [0.1, 0.15) is 4.83 Å². The van der Waals surface area contributed by atoms with Crippen molar-refractivity contribution in [1.82, 2.24) is 9.97 Å². The molecule has 39 heavy (non-hydrogen) atoms. The second-order valence-corrected chi connectivity index (χ2v) is 9.80. The van der Waals surface area contributed by atoms with E-state index in [1.807, 2.05) is 29.6 Å². The van der Waals surface area contributed by atoms with E-state index in [-0.39, 0.29) is 42.1 Å². The van der Waals surface area contributed by atoms with Gasteiger partial charge in [-0.05, 0) is 54.1 Å². The van der Waals surface area contributed by atoms with Crippen molar-refractivity contribution in [3.05, 3.63) is 92.3 Å². The fourth-order valence-electron chi connectivity index (χ4n) is 3.95. The minimum absolute atomic E-state index is 0.0283. The van der Waals surface area contributed by atoms with E-state index in [1.54, 1.807) is 38.2 Å². The highest BCUT2D eigenvalue weighted by Gasteiger charge is 2.16. The normalized spacial score (nSPS) is 10.9. The number of hydrogen-bond donors (Lipinski definition) is 1. The molecule has 0 unspecified atom stereocenters. The van der Waals surface area contributed by atoms with Crippen molar-refractivity contribution >= 4 is 44.9 Å². The largest absolute Gasteiger partial charge is 0.462 e. The average molecular weight is 548 g/mol. The van der Waals surface area contributed by atoms with Crippen LogP contribution in [0.3, 0.4) is 0 Å². The molecule has 0 saturated carbocycles. The molecule has 0 bridgehead atoms. The molecule has 4 rings (SSSR count). The highest BCUT2D eigenvalue weighted by molar-refractivity contribution is 7.16. The molecule has 1 N–H and O–H groups in total. The molecule has 2 aromatic heterocycles. The number of ketones is 1. The van der Waals surface area contributed by atoms with Crippen LogP contribution in [0.25, 0.3) is 10.2 Å². The van der Waals surface area contributed by atoms with Crippen LogP contribution in [0.2, 0.25) is 0 Å². The standard InChI is InChI=1S/C29H29N3O6S/c1-4-38-29(36)21-11-8-20(9-12-21)15-37-16-22-17-39-28-25(22)27(35)30-26(31-28)24(34)13-10-19-6-5-7-23(14-19)32(3)18(2)33/h5-9,11-12,14,17H,4,10,13,15-16H2,1-3H3,(H,30,31,35). The van der Waals surface area contributed by atoms with Crippen molar-refractivity contribution in [2.24, 2.45) is 0 Å². The number of esters is 1. The van der Waals surface area contributed by atoms with Crippen LogP contribution >= 0.6 is 11.3 Å². The summed E-state index contributed by atoms with van der Waals surface area (Å²) >= 11 is 1.29. The summed E-state index contributed by atoms with van der Waals surface area (Å²) in [5, 5.41) is 2.22. The summed E-state index contributed by atoms with van der Waals surface area (Å²) in [5.41, 5.74) is 3.32. The fraction of sp³-hybridized carbons (Fsp3) is 0.276. The molecule has 0 spiro atoms. The number of H-pyrrole nitrogens is 1. The van der Waals surface area contributed by atoms with E-state index in [9.17, 15) is 19.2 Å². The number of benzene rings is 2. The lowest BCUT2D eigenvalue weighted by Gasteiger charge is -2.15. The molecule has 2 heterocycles. The second-order valence-electron chi connectivity index (χ2n) is 8.94. The lowest BCUT2D eigenvalue weighted by Crippen LogP contribution is -2.22. The van der Waals surface area contributed by atoms with Gasteiger partial charge in [0, 0.05) is 31.6 Å². The molecule has 0 saturated heterocycles. The van der Waals surface area contributed by atoms with Crippen LogP contribution in [0.5, 0.6) is 0 Å². The molecule has 0 aliphatic rings. The average Bonchev–Trinajstić information content (AvgIpc) is 3.35. The number of aryl methyl sites for hydroxylation is 1. The van der Waals surface area contributed by atoms with Gasteiger partial charge >= 0.3 is 5.97 Å². The Balaban J connectivity index is 1.37. The summed E-state index contributed by atoms with van der Waals surface area (Å²) in [6.07, 6.45) is 0.614. The predicted molar refractivity (Wildman–Crippen MR) is 149 cm³/mol. The summed E-state index contributed by atoms with van der Waals surface area (Å²) in [6, 6.07) is 14.4. The van der Waals surface area contributed by atoms with E-state index in [0.29, 0.717) is 41.0 Å². The first kappa shape index (κ1) is 27.9. The Kier molecular flexibility index (Phi) is 9.00. The Hall–Kier alpha value is -4.15. The maximum Gasteiger partial charge on any atom is 0.338 e. The number of thiophene rings is 1. The van der Waals surface area contributed by atoms with E-state index in [2.05, 4.69) is 9.97 Å². The number of carbonyl (C=O) groups is 3. The Morgan fingerprint density at radius 3 is 2.54 bits per heavy atom. The van der Waals surface area contributed by atoms with E-state index < -0.39 is 0 Å². The summed E-state index contributed by atoms with van der Waals surface area (Å²) < 4.78 is 10.8. The van der Waals surface area contributed by atoms with E-state index in [4.69, 9.17) is 9.47 Å². The molecule has 1 amide bonds. The van der Waals surface area contributed by atoms with Gasteiger partial charge in [0.2, 0.25) is 5.91 Å². The van der Waals surface area contributed by atoms with Crippen LogP contribution in [0.15, 0.2) is 58.7 Å². The van der Waals surface area contributed by atoms with E-state index in [1.165, 1.54) is 23.2 Å². The maximum absolute atomic E-state index is 12.9. The van der Waals surface area contributed by atoms with Crippen molar-refractivity contribution in [3.63, 3.8) is 0 Å². The van der Waals surface area contributed by atoms with Crippen LogP contribution < -0.4 is 10.5 Å². The number of rotatable bonds is 11. The van der Waals surface area contributed by atoms with Gasteiger partial charge in [0.15, 0.2) is 11.6 Å². The smallest absolute Gasteiger partial charge is 0.338 e. The molecule has 0 radical (unpaired) electrons. The first-order chi connectivity index (χ1) is 18.8. The zero-order valence-corrected chi connectivity index (χ0v) is 22.8. The Bertz CT molecular complexity index is 1560. The molecule has 2 aromatic carbocycles. The van der Waals surface area contributed by atoms with Gasteiger partial charge in [-0.3, -0.25) is 14.4 Å². The second kappa shape index (κ2) is 12.6. The predicted octanol–water partition coefficient (Wildman–Crippen LogP) is 4.68. The number of carbonyl (C=O) groups excluding carboxylic acids is 3. The van der Waals surface area contributed by atoms with Crippen molar-refractivity contribution in [1.29, 1.82) is 0 Å². The van der Waals surface area contributed by atoms with Crippen molar-refractivity contribution in [2.75, 3.05) is 18.6 Å². The molecule has 0 fully saturated rings. The number of nitrogens with zero attached hydrogens (tertiary/aromatic N) is 2. The Labute approximate surface area is 229 Å². The topological polar surface area (TPSA) is 119 Å². The van der Waals surface area contributed by atoms with Crippen molar-refractivity contribution in [3.8, 4) is 0 Å². The quantitative estimate of drug-likeness (QED) is 0.214. The molecule has 4 aromatic rings. The third-order valence-corrected chi connectivity index (χ3v) is 7.11. The zero-order chi connectivity index (χ0) is 27.9. The number of hydrogen-bond acceptors (Lipinski definition) is 8. The minimum Gasteiger partial charge on any atom is -0.462 e. The first-order valence-corrected chi connectivity index (χ1v) is 13.4. The monoisotopic (exact) mass is 547 g/mol. The molecule has 10 heteroatoms. The third-order valence-electron chi connectivity index (χ3n) is 6.19. The number of anilines is 1. The highest BCUT2D eigenvalue weighted by Crippen LogP contribution is 2.23. The lowest BCUT2D eigenvalue weighted by molar-refractivity contribution is -0.116. The molecule has 0 aliphatic carbocycles. The molecule has 0 aliphatic heterocycles. The number of ether oxygens (including phenoxy) is 2. The van der Waals surface area contributed by atoms with Gasteiger partial charge in [-0.1, -0.05) is 24.3 Å². The number of amides is 1. The van der Waals surface area contributed by atoms with E-state index >= 15 is 0 Å². The van der Waals surface area contributed by atoms with E-state index in [0.717, 1.165) is 16.8 Å². The zero-order valence-electron chi connectivity index (χ0n) is 22.0. The van der Waals surface area contributed by atoms with Gasteiger partial charge in [-0.15, -0.1) is 11.3 Å². The highest BCUT2D eigenvalue weighted by atomic mass is 32.1. The summed E-state index contributed by atoms with van der Waals surface area (Å²) in [5.74, 6) is -0.688. The van der Waals surface area contributed by atoms with Gasteiger partial charge in [-0.25, -0.2) is 9.78 Å². The molecule has 0 atom stereocenters. The molecular weight excluding hydrogens is 518 g/mol. The minimum atomic E-state index is -0.382. The van der Waals surface area contributed by atoms with Crippen LogP contribution in [0.1, 0.15) is 57.9 Å². The summed E-state index contributed by atoms with van der Waals surface area (Å²) in [6.45, 7) is 4.06. The third kappa shape index (κ3) is 6.84. The Morgan fingerprint density at radius 1 is 1.05 bits per heavy atom. The van der Waals surface area contributed by atoms with Gasteiger partial charge in [0.05, 0.1) is 30.8 Å². The fourth-order valence-corrected chi connectivity index (χ4v) is 4.88. The maximum atomic E-state index is 12.9. The summed E-state index contributed by atoms with van der Waals surface area (Å²) in [7, 11) is 1.70. The molecule has 202 valence electrons. The molecular formula is C29H29N3O6S. The number of aromatic nitrogens is 2. The number of aromatic amines is 1. The first-order valence-electron chi connectivity index (χ1n) is 12.5. The van der Waals surface area contributed by atoms with Crippen molar-refractivity contribution < 1.29 is 23.9 Å². The van der Waals surface area contributed by atoms with Crippen LogP contribution in [-0.4, -0.2) is 41.3 Å². The summed E-state index contributed by atoms with van der Waals surface area (Å²) in [4.78, 5) is 58.2.